The van der Waals surface area contributed by atoms with Gasteiger partial charge >= 0.3 is 5.97 Å². The van der Waals surface area contributed by atoms with Crippen LogP contribution in [0.1, 0.15) is 13.3 Å². The maximum atomic E-state index is 10.7. The molecule has 0 aliphatic heterocycles. The SMILES string of the molecule is CC[C@H](Oc1cccc(Br)c1)C(=O)O. The van der Waals surface area contributed by atoms with E-state index in [0.717, 1.165) is 4.47 Å². The fourth-order valence-electron chi connectivity index (χ4n) is 1.01. The molecule has 0 heterocycles. The van der Waals surface area contributed by atoms with E-state index in [2.05, 4.69) is 15.9 Å². The Morgan fingerprint density at radius 2 is 2.36 bits per heavy atom. The lowest BCUT2D eigenvalue weighted by atomic mass is 10.3. The van der Waals surface area contributed by atoms with E-state index in [9.17, 15) is 4.79 Å². The topological polar surface area (TPSA) is 46.5 Å². The summed E-state index contributed by atoms with van der Waals surface area (Å²) >= 11 is 3.28. The molecule has 4 heteroatoms. The van der Waals surface area contributed by atoms with Crippen LogP contribution in [-0.2, 0) is 4.79 Å². The van der Waals surface area contributed by atoms with Crippen molar-refractivity contribution >= 4 is 21.9 Å². The van der Waals surface area contributed by atoms with Gasteiger partial charge in [0.15, 0.2) is 6.10 Å². The Labute approximate surface area is 90.8 Å². The Balaban J connectivity index is 2.72. The lowest BCUT2D eigenvalue weighted by molar-refractivity contribution is -0.145. The molecule has 0 aliphatic carbocycles. The fraction of sp³-hybridized carbons (Fsp3) is 0.300. The molecule has 0 spiro atoms. The molecule has 1 aromatic rings. The van der Waals surface area contributed by atoms with Crippen molar-refractivity contribution in [3.05, 3.63) is 28.7 Å². The van der Waals surface area contributed by atoms with Crippen molar-refractivity contribution in [2.75, 3.05) is 0 Å². The first-order valence-corrected chi connectivity index (χ1v) is 5.07. The summed E-state index contributed by atoms with van der Waals surface area (Å²) in [5.74, 6) is -0.374. The molecule has 0 amide bonds. The number of hydrogen-bond acceptors (Lipinski definition) is 2. The molecular formula is C10H11BrO3. The van der Waals surface area contributed by atoms with Crippen molar-refractivity contribution < 1.29 is 14.6 Å². The minimum Gasteiger partial charge on any atom is -0.479 e. The molecule has 0 saturated heterocycles. The third-order valence-electron chi connectivity index (χ3n) is 1.72. The van der Waals surface area contributed by atoms with Crippen LogP contribution in [0.3, 0.4) is 0 Å². The van der Waals surface area contributed by atoms with Gasteiger partial charge in [-0.3, -0.25) is 0 Å². The largest absolute Gasteiger partial charge is 0.479 e. The van der Waals surface area contributed by atoms with Gasteiger partial charge in [-0.2, -0.15) is 0 Å². The van der Waals surface area contributed by atoms with E-state index in [1.807, 2.05) is 6.07 Å². The van der Waals surface area contributed by atoms with E-state index in [1.165, 1.54) is 0 Å². The molecule has 0 fully saturated rings. The van der Waals surface area contributed by atoms with Crippen molar-refractivity contribution in [2.24, 2.45) is 0 Å². The van der Waals surface area contributed by atoms with Gasteiger partial charge in [-0.1, -0.05) is 28.9 Å². The first-order chi connectivity index (χ1) is 6.63. The van der Waals surface area contributed by atoms with Crippen molar-refractivity contribution in [2.45, 2.75) is 19.4 Å². The second-order valence-corrected chi connectivity index (χ2v) is 3.73. The molecule has 0 saturated carbocycles. The molecule has 0 radical (unpaired) electrons. The van der Waals surface area contributed by atoms with Crippen LogP contribution in [-0.4, -0.2) is 17.2 Å². The zero-order chi connectivity index (χ0) is 10.6. The zero-order valence-electron chi connectivity index (χ0n) is 7.74. The Bertz CT molecular complexity index is 325. The summed E-state index contributed by atoms with van der Waals surface area (Å²) in [6, 6.07) is 7.13. The van der Waals surface area contributed by atoms with Gasteiger partial charge < -0.3 is 9.84 Å². The highest BCUT2D eigenvalue weighted by molar-refractivity contribution is 9.10. The minimum absolute atomic E-state index is 0.446. The van der Waals surface area contributed by atoms with Crippen LogP contribution in [0.4, 0.5) is 0 Å². The average Bonchev–Trinajstić information content (AvgIpc) is 2.14. The Hall–Kier alpha value is -1.03. The van der Waals surface area contributed by atoms with E-state index in [1.54, 1.807) is 25.1 Å². The standard InChI is InChI=1S/C10H11BrO3/c1-2-9(10(12)13)14-8-5-3-4-7(11)6-8/h3-6,9H,2H2,1H3,(H,12,13)/t9-/m0/s1. The molecule has 1 N–H and O–H groups in total. The molecule has 1 aromatic carbocycles. The Kier molecular flexibility index (Phi) is 3.95. The summed E-state index contributed by atoms with van der Waals surface area (Å²) in [5.41, 5.74) is 0. The lowest BCUT2D eigenvalue weighted by Gasteiger charge is -2.12. The van der Waals surface area contributed by atoms with Gasteiger partial charge in [0.2, 0.25) is 0 Å². The van der Waals surface area contributed by atoms with Crippen LogP contribution in [0.5, 0.6) is 5.75 Å². The number of carboxylic acids is 1. The van der Waals surface area contributed by atoms with Crippen LogP contribution in [0.2, 0.25) is 0 Å². The van der Waals surface area contributed by atoms with E-state index >= 15 is 0 Å². The van der Waals surface area contributed by atoms with E-state index in [-0.39, 0.29) is 0 Å². The highest BCUT2D eigenvalue weighted by Gasteiger charge is 2.16. The summed E-state index contributed by atoms with van der Waals surface area (Å²) in [6.07, 6.45) is -0.328. The second-order valence-electron chi connectivity index (χ2n) is 2.81. The van der Waals surface area contributed by atoms with Gasteiger partial charge in [0.1, 0.15) is 5.75 Å². The maximum absolute atomic E-state index is 10.7. The fourth-order valence-corrected chi connectivity index (χ4v) is 1.39. The predicted octanol–water partition coefficient (Wildman–Crippen LogP) is 2.69. The molecule has 1 atom stereocenters. The van der Waals surface area contributed by atoms with Crippen molar-refractivity contribution in [1.82, 2.24) is 0 Å². The number of ether oxygens (including phenoxy) is 1. The molecule has 0 aromatic heterocycles. The molecule has 1 rings (SSSR count). The quantitative estimate of drug-likeness (QED) is 0.904. The molecule has 3 nitrogen and oxygen atoms in total. The Morgan fingerprint density at radius 3 is 2.86 bits per heavy atom. The third kappa shape index (κ3) is 3.03. The van der Waals surface area contributed by atoms with Gasteiger partial charge in [0, 0.05) is 4.47 Å². The number of rotatable bonds is 4. The molecule has 0 unspecified atom stereocenters. The predicted molar refractivity (Wildman–Crippen MR) is 56.5 cm³/mol. The van der Waals surface area contributed by atoms with E-state index in [0.29, 0.717) is 12.2 Å². The monoisotopic (exact) mass is 258 g/mol. The number of carbonyl (C=O) groups is 1. The summed E-state index contributed by atoms with van der Waals surface area (Å²) < 4.78 is 6.15. The Morgan fingerprint density at radius 1 is 1.64 bits per heavy atom. The first-order valence-electron chi connectivity index (χ1n) is 4.28. The zero-order valence-corrected chi connectivity index (χ0v) is 9.32. The number of hydrogen-bond donors (Lipinski definition) is 1. The van der Waals surface area contributed by atoms with Gasteiger partial charge in [-0.25, -0.2) is 4.79 Å². The average molecular weight is 259 g/mol. The molecule has 14 heavy (non-hydrogen) atoms. The van der Waals surface area contributed by atoms with Gasteiger partial charge in [0.05, 0.1) is 0 Å². The van der Waals surface area contributed by atoms with Crippen molar-refractivity contribution in [1.29, 1.82) is 0 Å². The molecule has 0 aliphatic rings. The number of benzene rings is 1. The number of carboxylic acid groups (broad SMARTS) is 1. The lowest BCUT2D eigenvalue weighted by Crippen LogP contribution is -2.25. The van der Waals surface area contributed by atoms with Crippen LogP contribution < -0.4 is 4.74 Å². The smallest absolute Gasteiger partial charge is 0.344 e. The minimum atomic E-state index is -0.938. The van der Waals surface area contributed by atoms with Crippen LogP contribution in [0.15, 0.2) is 28.7 Å². The van der Waals surface area contributed by atoms with Crippen LogP contribution in [0, 0.1) is 0 Å². The van der Waals surface area contributed by atoms with Gasteiger partial charge in [0.25, 0.3) is 0 Å². The second kappa shape index (κ2) is 5.00. The number of aliphatic carboxylic acids is 1. The molecule has 0 bridgehead atoms. The van der Waals surface area contributed by atoms with E-state index < -0.39 is 12.1 Å². The highest BCUT2D eigenvalue weighted by atomic mass is 79.9. The van der Waals surface area contributed by atoms with Crippen LogP contribution >= 0.6 is 15.9 Å². The summed E-state index contributed by atoms with van der Waals surface area (Å²) in [6.45, 7) is 1.77. The maximum Gasteiger partial charge on any atom is 0.344 e. The van der Waals surface area contributed by atoms with Crippen molar-refractivity contribution in [3.8, 4) is 5.75 Å². The first kappa shape index (κ1) is 11.0. The van der Waals surface area contributed by atoms with E-state index in [4.69, 9.17) is 9.84 Å². The van der Waals surface area contributed by atoms with Gasteiger partial charge in [-0.05, 0) is 24.6 Å². The molecular weight excluding hydrogens is 248 g/mol. The summed E-state index contributed by atoms with van der Waals surface area (Å²) in [5, 5.41) is 8.77. The summed E-state index contributed by atoms with van der Waals surface area (Å²) in [4.78, 5) is 10.7. The molecule has 76 valence electrons. The highest BCUT2D eigenvalue weighted by Crippen LogP contribution is 2.19. The van der Waals surface area contributed by atoms with Crippen LogP contribution in [0.25, 0.3) is 0 Å². The third-order valence-corrected chi connectivity index (χ3v) is 2.21. The normalized spacial score (nSPS) is 12.1. The summed E-state index contributed by atoms with van der Waals surface area (Å²) in [7, 11) is 0. The number of halogens is 1. The van der Waals surface area contributed by atoms with Crippen molar-refractivity contribution in [3.63, 3.8) is 0 Å². The van der Waals surface area contributed by atoms with Gasteiger partial charge in [-0.15, -0.1) is 0 Å².